The summed E-state index contributed by atoms with van der Waals surface area (Å²) in [6, 6.07) is 23.3. The standard InChI is InChI=1S/C22H25NO2SSi/c1-27(2,3)15-14-25-22(24)23-19-16-20(17-10-6-4-7-11-17)26-21(19)18-12-8-5-9-13-18/h4-13,16H,14-15H2,1-3H3,(H,23,24). The van der Waals surface area contributed by atoms with E-state index in [1.54, 1.807) is 11.3 Å². The van der Waals surface area contributed by atoms with Gasteiger partial charge in [0, 0.05) is 13.0 Å². The van der Waals surface area contributed by atoms with E-state index >= 15 is 0 Å². The number of anilines is 1. The monoisotopic (exact) mass is 395 g/mol. The molecule has 0 saturated carbocycles. The third-order valence-corrected chi connectivity index (χ3v) is 7.09. The van der Waals surface area contributed by atoms with Crippen molar-refractivity contribution in [3.05, 3.63) is 66.7 Å². The van der Waals surface area contributed by atoms with Gasteiger partial charge in [-0.3, -0.25) is 5.32 Å². The van der Waals surface area contributed by atoms with E-state index < -0.39 is 8.07 Å². The van der Waals surface area contributed by atoms with Crippen LogP contribution in [0.3, 0.4) is 0 Å². The molecule has 1 heterocycles. The Morgan fingerprint density at radius 1 is 0.963 bits per heavy atom. The van der Waals surface area contributed by atoms with Crippen molar-refractivity contribution in [1.82, 2.24) is 0 Å². The Labute approximate surface area is 166 Å². The second-order valence-corrected chi connectivity index (χ2v) is 14.3. The summed E-state index contributed by atoms with van der Waals surface area (Å²) in [7, 11) is -1.22. The smallest absolute Gasteiger partial charge is 0.411 e. The Balaban J connectivity index is 1.82. The number of hydrogen-bond acceptors (Lipinski definition) is 3. The molecule has 1 amide bonds. The molecule has 0 spiro atoms. The van der Waals surface area contributed by atoms with E-state index in [9.17, 15) is 4.79 Å². The number of carbonyl (C=O) groups excluding carboxylic acids is 1. The van der Waals surface area contributed by atoms with Crippen LogP contribution in [0.1, 0.15) is 0 Å². The molecule has 0 unspecified atom stereocenters. The summed E-state index contributed by atoms with van der Waals surface area (Å²) < 4.78 is 5.42. The maximum atomic E-state index is 12.3. The zero-order valence-electron chi connectivity index (χ0n) is 16.0. The molecular weight excluding hydrogens is 370 g/mol. The summed E-state index contributed by atoms with van der Waals surface area (Å²) in [5.41, 5.74) is 3.02. The second kappa shape index (κ2) is 8.54. The minimum atomic E-state index is -1.22. The second-order valence-electron chi connectivity index (χ2n) is 7.66. The third-order valence-electron chi connectivity index (χ3n) is 4.15. The van der Waals surface area contributed by atoms with Crippen LogP contribution in [-0.4, -0.2) is 20.8 Å². The van der Waals surface area contributed by atoms with Gasteiger partial charge in [-0.2, -0.15) is 0 Å². The molecule has 0 fully saturated rings. The van der Waals surface area contributed by atoms with Gasteiger partial charge in [0.15, 0.2) is 0 Å². The average Bonchev–Trinajstić information content (AvgIpc) is 3.06. The highest BCUT2D eigenvalue weighted by Crippen LogP contribution is 2.41. The van der Waals surface area contributed by atoms with Gasteiger partial charge in [-0.15, -0.1) is 11.3 Å². The van der Waals surface area contributed by atoms with Crippen molar-refractivity contribution in [1.29, 1.82) is 0 Å². The van der Waals surface area contributed by atoms with Crippen molar-refractivity contribution < 1.29 is 9.53 Å². The van der Waals surface area contributed by atoms with E-state index in [4.69, 9.17) is 4.74 Å². The number of hydrogen-bond donors (Lipinski definition) is 1. The number of thiophene rings is 1. The molecule has 140 valence electrons. The minimum Gasteiger partial charge on any atom is -0.450 e. The van der Waals surface area contributed by atoms with Crippen molar-refractivity contribution in [2.45, 2.75) is 25.7 Å². The van der Waals surface area contributed by atoms with Crippen LogP contribution in [0.4, 0.5) is 10.5 Å². The van der Waals surface area contributed by atoms with Crippen LogP contribution < -0.4 is 5.32 Å². The van der Waals surface area contributed by atoms with Crippen LogP contribution in [-0.2, 0) is 4.74 Å². The van der Waals surface area contributed by atoms with E-state index in [-0.39, 0.29) is 6.09 Å². The topological polar surface area (TPSA) is 38.3 Å². The molecule has 0 bridgehead atoms. The van der Waals surface area contributed by atoms with Crippen LogP contribution in [0.2, 0.25) is 25.7 Å². The molecule has 0 aliphatic carbocycles. The normalized spacial score (nSPS) is 11.2. The fourth-order valence-electron chi connectivity index (χ4n) is 2.63. The fourth-order valence-corrected chi connectivity index (χ4v) is 4.47. The third kappa shape index (κ3) is 5.55. The van der Waals surface area contributed by atoms with E-state index in [1.165, 1.54) is 0 Å². The molecule has 3 nitrogen and oxygen atoms in total. The highest BCUT2D eigenvalue weighted by molar-refractivity contribution is 7.19. The first-order valence-corrected chi connectivity index (χ1v) is 13.6. The van der Waals surface area contributed by atoms with Gasteiger partial charge in [-0.1, -0.05) is 80.3 Å². The van der Waals surface area contributed by atoms with Gasteiger partial charge in [0.2, 0.25) is 0 Å². The number of rotatable bonds is 6. The lowest BCUT2D eigenvalue weighted by Gasteiger charge is -2.15. The molecule has 3 rings (SSSR count). The Kier molecular flexibility index (Phi) is 6.14. The molecule has 27 heavy (non-hydrogen) atoms. The molecule has 2 aromatic carbocycles. The van der Waals surface area contributed by atoms with Crippen LogP contribution in [0.25, 0.3) is 20.9 Å². The van der Waals surface area contributed by atoms with Gasteiger partial charge in [0.05, 0.1) is 17.2 Å². The Morgan fingerprint density at radius 3 is 2.15 bits per heavy atom. The molecule has 5 heteroatoms. The molecule has 3 aromatic rings. The summed E-state index contributed by atoms with van der Waals surface area (Å²) in [6.45, 7) is 7.28. The first-order valence-electron chi connectivity index (χ1n) is 9.11. The highest BCUT2D eigenvalue weighted by atomic mass is 32.1. The SMILES string of the molecule is C[Si](C)(C)CCOC(=O)Nc1cc(-c2ccccc2)sc1-c1ccccc1. The Hall–Kier alpha value is -2.37. The molecule has 0 atom stereocenters. The Bertz CT molecular complexity index is 886. The summed E-state index contributed by atoms with van der Waals surface area (Å²) >= 11 is 1.67. The van der Waals surface area contributed by atoms with Gasteiger partial charge >= 0.3 is 6.09 Å². The predicted octanol–water partition coefficient (Wildman–Crippen LogP) is 6.97. The van der Waals surface area contributed by atoms with E-state index in [0.29, 0.717) is 6.61 Å². The van der Waals surface area contributed by atoms with Gasteiger partial charge < -0.3 is 4.74 Å². The van der Waals surface area contributed by atoms with Crippen molar-refractivity contribution in [2.24, 2.45) is 0 Å². The maximum Gasteiger partial charge on any atom is 0.411 e. The lowest BCUT2D eigenvalue weighted by molar-refractivity contribution is 0.167. The first kappa shape index (κ1) is 19.4. The number of amides is 1. The highest BCUT2D eigenvalue weighted by Gasteiger charge is 2.17. The first-order chi connectivity index (χ1) is 12.9. The van der Waals surface area contributed by atoms with Crippen LogP contribution in [0.15, 0.2) is 66.7 Å². The zero-order chi connectivity index (χ0) is 19.3. The number of benzene rings is 2. The van der Waals surface area contributed by atoms with Gasteiger partial charge in [-0.05, 0) is 23.2 Å². The van der Waals surface area contributed by atoms with Gasteiger partial charge in [0.1, 0.15) is 0 Å². The predicted molar refractivity (Wildman–Crippen MR) is 118 cm³/mol. The van der Waals surface area contributed by atoms with Crippen LogP contribution in [0.5, 0.6) is 0 Å². The van der Waals surface area contributed by atoms with E-state index in [0.717, 1.165) is 32.6 Å². The van der Waals surface area contributed by atoms with Crippen molar-refractivity contribution in [3.8, 4) is 20.9 Å². The van der Waals surface area contributed by atoms with Crippen molar-refractivity contribution in [3.63, 3.8) is 0 Å². The number of ether oxygens (including phenoxy) is 1. The largest absolute Gasteiger partial charge is 0.450 e. The zero-order valence-corrected chi connectivity index (χ0v) is 17.8. The van der Waals surface area contributed by atoms with E-state index in [1.807, 2.05) is 42.5 Å². The molecule has 0 radical (unpaired) electrons. The Morgan fingerprint density at radius 2 is 1.56 bits per heavy atom. The lowest BCUT2D eigenvalue weighted by Crippen LogP contribution is -2.24. The van der Waals surface area contributed by atoms with Crippen LogP contribution in [0, 0.1) is 0 Å². The molecule has 0 saturated heterocycles. The summed E-state index contributed by atoms with van der Waals surface area (Å²) in [4.78, 5) is 14.5. The molecule has 0 aliphatic heterocycles. The van der Waals surface area contributed by atoms with E-state index in [2.05, 4.69) is 49.2 Å². The van der Waals surface area contributed by atoms with Crippen molar-refractivity contribution >= 4 is 31.2 Å². The molecule has 1 N–H and O–H groups in total. The number of nitrogens with one attached hydrogen (secondary N) is 1. The van der Waals surface area contributed by atoms with Gasteiger partial charge in [-0.25, -0.2) is 4.79 Å². The minimum absolute atomic E-state index is 0.386. The maximum absolute atomic E-state index is 12.3. The number of carbonyl (C=O) groups is 1. The van der Waals surface area contributed by atoms with Crippen molar-refractivity contribution in [2.75, 3.05) is 11.9 Å². The average molecular weight is 396 g/mol. The van der Waals surface area contributed by atoms with Gasteiger partial charge in [0.25, 0.3) is 0 Å². The summed E-state index contributed by atoms with van der Waals surface area (Å²) in [6.07, 6.45) is -0.386. The quantitative estimate of drug-likeness (QED) is 0.458. The molecule has 0 aliphatic rings. The lowest BCUT2D eigenvalue weighted by atomic mass is 10.1. The summed E-state index contributed by atoms with van der Waals surface area (Å²) in [5.74, 6) is 0. The van der Waals surface area contributed by atoms with Crippen LogP contribution >= 0.6 is 11.3 Å². The fraction of sp³-hybridized carbons (Fsp3) is 0.227. The summed E-state index contributed by atoms with van der Waals surface area (Å²) in [5, 5.41) is 2.95. The molecule has 1 aromatic heterocycles. The molecular formula is C22H25NO2SSi.